The molecule has 3 heterocycles. The highest BCUT2D eigenvalue weighted by atomic mass is 16.5. The molecule has 2 saturated heterocycles. The first-order chi connectivity index (χ1) is 15.0. The van der Waals surface area contributed by atoms with Crippen LogP contribution in [0, 0.1) is 5.41 Å². The predicted molar refractivity (Wildman–Crippen MR) is 123 cm³/mol. The lowest BCUT2D eigenvalue weighted by atomic mass is 9.84. The van der Waals surface area contributed by atoms with Gasteiger partial charge in [-0.25, -0.2) is 4.98 Å². The topological polar surface area (TPSA) is 45.7 Å². The number of amides is 1. The van der Waals surface area contributed by atoms with Gasteiger partial charge >= 0.3 is 0 Å². The minimum atomic E-state index is 0.0544. The quantitative estimate of drug-likeness (QED) is 0.643. The summed E-state index contributed by atoms with van der Waals surface area (Å²) in [6.07, 6.45) is 0. The molecule has 0 bridgehead atoms. The van der Waals surface area contributed by atoms with E-state index >= 15 is 0 Å². The molecule has 3 aromatic rings. The van der Waals surface area contributed by atoms with Gasteiger partial charge < -0.3 is 14.5 Å². The summed E-state index contributed by atoms with van der Waals surface area (Å²) < 4.78 is 5.37. The largest absolute Gasteiger partial charge is 0.379 e. The fourth-order valence-electron chi connectivity index (χ4n) is 4.33. The van der Waals surface area contributed by atoms with Crippen LogP contribution in [-0.2, 0) is 4.74 Å². The van der Waals surface area contributed by atoms with Crippen molar-refractivity contribution < 1.29 is 9.53 Å². The molecule has 0 aliphatic carbocycles. The molecule has 1 aromatic heterocycles. The SMILES string of the molecule is C=C(N1CCN(C(=O)c2ccc(-c3ccc4ccccc4n3)cc2)CC1)C1(C)COC1. The second-order valence-electron chi connectivity index (χ2n) is 8.75. The Labute approximate surface area is 182 Å². The number of hydrogen-bond acceptors (Lipinski definition) is 4. The van der Waals surface area contributed by atoms with E-state index in [9.17, 15) is 4.79 Å². The maximum Gasteiger partial charge on any atom is 0.253 e. The van der Waals surface area contributed by atoms with Crippen LogP contribution in [0.25, 0.3) is 22.2 Å². The number of fused-ring (bicyclic) bond motifs is 1. The fraction of sp³-hybridized carbons (Fsp3) is 0.308. The molecule has 1 amide bonds. The molecule has 0 unspecified atom stereocenters. The summed E-state index contributed by atoms with van der Waals surface area (Å²) in [5.74, 6) is 0.0847. The van der Waals surface area contributed by atoms with Crippen LogP contribution in [0.3, 0.4) is 0 Å². The van der Waals surface area contributed by atoms with Gasteiger partial charge in [0.05, 0.1) is 29.8 Å². The van der Waals surface area contributed by atoms with E-state index in [2.05, 4.69) is 30.5 Å². The maximum atomic E-state index is 13.0. The number of benzene rings is 2. The number of aromatic nitrogens is 1. The van der Waals surface area contributed by atoms with Crippen molar-refractivity contribution in [3.8, 4) is 11.3 Å². The van der Waals surface area contributed by atoms with Gasteiger partial charge in [0, 0.05) is 48.4 Å². The van der Waals surface area contributed by atoms with E-state index in [0.717, 1.165) is 59.7 Å². The summed E-state index contributed by atoms with van der Waals surface area (Å²) >= 11 is 0. The highest BCUT2D eigenvalue weighted by molar-refractivity contribution is 5.95. The Hall–Kier alpha value is -3.18. The van der Waals surface area contributed by atoms with Crippen molar-refractivity contribution in [3.63, 3.8) is 0 Å². The van der Waals surface area contributed by atoms with Gasteiger partial charge in [-0.3, -0.25) is 4.79 Å². The lowest BCUT2D eigenvalue weighted by molar-refractivity contribution is -0.0921. The molecule has 2 aliphatic rings. The van der Waals surface area contributed by atoms with E-state index in [-0.39, 0.29) is 11.3 Å². The molecule has 2 aliphatic heterocycles. The Morgan fingerprint density at radius 1 is 0.935 bits per heavy atom. The zero-order chi connectivity index (χ0) is 21.4. The number of hydrogen-bond donors (Lipinski definition) is 0. The van der Waals surface area contributed by atoms with Crippen molar-refractivity contribution in [1.29, 1.82) is 0 Å². The van der Waals surface area contributed by atoms with Gasteiger partial charge in [-0.15, -0.1) is 0 Å². The van der Waals surface area contributed by atoms with Crippen molar-refractivity contribution in [2.75, 3.05) is 39.4 Å². The number of rotatable bonds is 4. The number of para-hydroxylation sites is 1. The summed E-state index contributed by atoms with van der Waals surface area (Å²) in [7, 11) is 0. The second kappa shape index (κ2) is 7.82. The molecule has 0 N–H and O–H groups in total. The molecule has 158 valence electrons. The summed E-state index contributed by atoms with van der Waals surface area (Å²) in [5.41, 5.74) is 4.81. The molecule has 5 rings (SSSR count). The first-order valence-corrected chi connectivity index (χ1v) is 10.8. The van der Waals surface area contributed by atoms with E-state index in [4.69, 9.17) is 9.72 Å². The third-order valence-electron chi connectivity index (χ3n) is 6.51. The summed E-state index contributed by atoms with van der Waals surface area (Å²) in [6, 6.07) is 20.0. The Balaban J connectivity index is 1.24. The molecule has 5 nitrogen and oxygen atoms in total. The van der Waals surface area contributed by atoms with E-state index in [1.807, 2.05) is 53.4 Å². The van der Waals surface area contributed by atoms with Gasteiger partial charge in [0.15, 0.2) is 0 Å². The Morgan fingerprint density at radius 3 is 2.29 bits per heavy atom. The van der Waals surface area contributed by atoms with Crippen LogP contribution >= 0.6 is 0 Å². The van der Waals surface area contributed by atoms with Crippen molar-refractivity contribution in [2.45, 2.75) is 6.92 Å². The number of nitrogens with zero attached hydrogens (tertiary/aromatic N) is 3. The first-order valence-electron chi connectivity index (χ1n) is 10.8. The van der Waals surface area contributed by atoms with Crippen LogP contribution in [0.5, 0.6) is 0 Å². The summed E-state index contributed by atoms with van der Waals surface area (Å²) in [5, 5.41) is 1.12. The Bertz CT molecular complexity index is 1130. The van der Waals surface area contributed by atoms with Gasteiger partial charge in [-0.2, -0.15) is 0 Å². The van der Waals surface area contributed by atoms with Crippen LogP contribution in [0.15, 0.2) is 72.9 Å². The average Bonchev–Trinajstić information content (AvgIpc) is 2.81. The second-order valence-corrected chi connectivity index (χ2v) is 8.75. The van der Waals surface area contributed by atoms with Gasteiger partial charge in [-0.05, 0) is 31.2 Å². The van der Waals surface area contributed by atoms with E-state index in [1.54, 1.807) is 0 Å². The molecule has 2 aromatic carbocycles. The van der Waals surface area contributed by atoms with E-state index in [0.29, 0.717) is 13.1 Å². The van der Waals surface area contributed by atoms with Gasteiger partial charge in [0.1, 0.15) is 0 Å². The third kappa shape index (κ3) is 3.70. The molecular weight excluding hydrogens is 386 g/mol. The molecule has 0 atom stereocenters. The highest BCUT2D eigenvalue weighted by Crippen LogP contribution is 2.36. The lowest BCUT2D eigenvalue weighted by Gasteiger charge is -2.47. The molecule has 31 heavy (non-hydrogen) atoms. The molecule has 0 spiro atoms. The van der Waals surface area contributed by atoms with Crippen LogP contribution in [-0.4, -0.2) is 60.1 Å². The first kappa shape index (κ1) is 19.8. The summed E-state index contributed by atoms with van der Waals surface area (Å²) in [4.78, 5) is 22.0. The van der Waals surface area contributed by atoms with Crippen LogP contribution in [0.1, 0.15) is 17.3 Å². The number of ether oxygens (including phenoxy) is 1. The van der Waals surface area contributed by atoms with E-state index in [1.165, 1.54) is 0 Å². The smallest absolute Gasteiger partial charge is 0.253 e. The van der Waals surface area contributed by atoms with Gasteiger partial charge in [-0.1, -0.05) is 43.0 Å². The minimum absolute atomic E-state index is 0.0544. The fourth-order valence-corrected chi connectivity index (χ4v) is 4.33. The molecule has 0 saturated carbocycles. The molecule has 5 heteroatoms. The highest BCUT2D eigenvalue weighted by Gasteiger charge is 2.39. The minimum Gasteiger partial charge on any atom is -0.379 e. The summed E-state index contributed by atoms with van der Waals surface area (Å²) in [6.45, 7) is 11.0. The van der Waals surface area contributed by atoms with E-state index < -0.39 is 0 Å². The number of piperazine rings is 1. The maximum absolute atomic E-state index is 13.0. The van der Waals surface area contributed by atoms with Gasteiger partial charge in [0.25, 0.3) is 5.91 Å². The zero-order valence-corrected chi connectivity index (χ0v) is 17.9. The standard InChI is InChI=1S/C26H27N3O2/c1-19(26(2)17-31-18-26)28-13-15-29(16-14-28)25(30)22-9-7-21(8-10-22)24-12-11-20-5-3-4-6-23(20)27-24/h3-12H,1,13-18H2,2H3. The van der Waals surface area contributed by atoms with Gasteiger partial charge in [0.2, 0.25) is 0 Å². The molecule has 2 fully saturated rings. The Kier molecular flexibility index (Phi) is 4.98. The monoisotopic (exact) mass is 413 g/mol. The zero-order valence-electron chi connectivity index (χ0n) is 17.9. The van der Waals surface area contributed by atoms with Crippen molar-refractivity contribution in [2.24, 2.45) is 5.41 Å². The third-order valence-corrected chi connectivity index (χ3v) is 6.51. The number of pyridine rings is 1. The lowest BCUT2D eigenvalue weighted by Crippen LogP contribution is -2.53. The van der Waals surface area contributed by atoms with Crippen molar-refractivity contribution in [1.82, 2.24) is 14.8 Å². The average molecular weight is 414 g/mol. The molecule has 0 radical (unpaired) electrons. The van der Waals surface area contributed by atoms with Crippen molar-refractivity contribution in [3.05, 3.63) is 78.5 Å². The normalized spacial score (nSPS) is 18.0. The Morgan fingerprint density at radius 2 is 1.61 bits per heavy atom. The number of carbonyl (C=O) groups is 1. The van der Waals surface area contributed by atoms with Crippen LogP contribution < -0.4 is 0 Å². The molecular formula is C26H27N3O2. The predicted octanol–water partition coefficient (Wildman–Crippen LogP) is 4.21. The van der Waals surface area contributed by atoms with Crippen LogP contribution in [0.4, 0.5) is 0 Å². The number of carbonyl (C=O) groups excluding carboxylic acids is 1. The van der Waals surface area contributed by atoms with Crippen molar-refractivity contribution >= 4 is 16.8 Å². The van der Waals surface area contributed by atoms with Crippen LogP contribution in [0.2, 0.25) is 0 Å².